The zero-order chi connectivity index (χ0) is 12.0. The Hall–Kier alpha value is -1.07. The summed E-state index contributed by atoms with van der Waals surface area (Å²) >= 11 is 0. The van der Waals surface area contributed by atoms with Gasteiger partial charge in [-0.3, -0.25) is 0 Å². The third kappa shape index (κ3) is 1.83. The van der Waals surface area contributed by atoms with Crippen molar-refractivity contribution in [3.63, 3.8) is 0 Å². The summed E-state index contributed by atoms with van der Waals surface area (Å²) in [5, 5.41) is 9.89. The molecule has 0 spiro atoms. The lowest BCUT2D eigenvalue weighted by atomic mass is 10.1. The predicted molar refractivity (Wildman–Crippen MR) is 65.9 cm³/mol. The molecule has 1 saturated heterocycles. The molecule has 4 nitrogen and oxygen atoms in total. The van der Waals surface area contributed by atoms with E-state index < -0.39 is 15.9 Å². The maximum atomic E-state index is 11.5. The summed E-state index contributed by atoms with van der Waals surface area (Å²) in [5.74, 6) is -0.0289. The minimum Gasteiger partial charge on any atom is -0.390 e. The number of fused-ring (bicyclic) bond motifs is 1. The van der Waals surface area contributed by atoms with Crippen LogP contribution in [0.2, 0.25) is 0 Å². The minimum atomic E-state index is -3.08. The third-order valence-corrected chi connectivity index (χ3v) is 5.32. The van der Waals surface area contributed by atoms with Crippen molar-refractivity contribution >= 4 is 15.5 Å². The van der Waals surface area contributed by atoms with Gasteiger partial charge in [0.2, 0.25) is 0 Å². The summed E-state index contributed by atoms with van der Waals surface area (Å²) in [5.41, 5.74) is 2.32. The number of nitrogens with zero attached hydrogens (tertiary/aromatic N) is 1. The maximum Gasteiger partial charge on any atom is 0.155 e. The van der Waals surface area contributed by atoms with Crippen LogP contribution in [-0.4, -0.2) is 43.7 Å². The molecule has 2 heterocycles. The first-order valence-electron chi connectivity index (χ1n) is 5.80. The molecule has 1 fully saturated rings. The summed E-state index contributed by atoms with van der Waals surface area (Å²) in [6, 6.07) is 7.73. The number of aliphatic hydroxyl groups excluding tert-OH is 1. The lowest BCUT2D eigenvalue weighted by molar-refractivity contribution is 0.179. The highest BCUT2D eigenvalue weighted by atomic mass is 32.2. The van der Waals surface area contributed by atoms with Gasteiger partial charge in [-0.1, -0.05) is 18.2 Å². The molecular weight excluding hydrogens is 238 g/mol. The highest BCUT2D eigenvalue weighted by Crippen LogP contribution is 2.32. The monoisotopic (exact) mass is 253 g/mol. The van der Waals surface area contributed by atoms with Crippen molar-refractivity contribution in [1.82, 2.24) is 0 Å². The molecule has 0 aliphatic carbocycles. The summed E-state index contributed by atoms with van der Waals surface area (Å²) in [6.45, 7) is 0.802. The van der Waals surface area contributed by atoms with Gasteiger partial charge in [0.05, 0.1) is 23.7 Å². The van der Waals surface area contributed by atoms with E-state index in [4.69, 9.17) is 0 Å². The van der Waals surface area contributed by atoms with Gasteiger partial charge < -0.3 is 10.0 Å². The Morgan fingerprint density at radius 1 is 1.24 bits per heavy atom. The van der Waals surface area contributed by atoms with Gasteiger partial charge in [0.15, 0.2) is 9.84 Å². The highest BCUT2D eigenvalue weighted by Gasteiger charge is 2.41. The molecule has 0 amide bonds. The number of aliphatic hydroxyl groups is 1. The number of sulfone groups is 1. The molecular formula is C12H15NO3S. The number of para-hydroxylation sites is 1. The minimum absolute atomic E-state index is 0.0719. The van der Waals surface area contributed by atoms with Gasteiger partial charge >= 0.3 is 0 Å². The van der Waals surface area contributed by atoms with Gasteiger partial charge in [0, 0.05) is 12.2 Å². The van der Waals surface area contributed by atoms with Crippen molar-refractivity contribution in [2.75, 3.05) is 23.0 Å². The van der Waals surface area contributed by atoms with Crippen LogP contribution in [0, 0.1) is 0 Å². The van der Waals surface area contributed by atoms with E-state index in [9.17, 15) is 13.5 Å². The maximum absolute atomic E-state index is 11.5. The first-order valence-corrected chi connectivity index (χ1v) is 7.62. The summed E-state index contributed by atoms with van der Waals surface area (Å²) in [4.78, 5) is 2.05. The molecule has 1 aromatic carbocycles. The molecule has 0 saturated carbocycles. The van der Waals surface area contributed by atoms with Gasteiger partial charge in [-0.15, -0.1) is 0 Å². The molecule has 92 valence electrons. The van der Waals surface area contributed by atoms with Crippen molar-refractivity contribution in [3.05, 3.63) is 29.8 Å². The van der Waals surface area contributed by atoms with Crippen LogP contribution in [0.25, 0.3) is 0 Å². The second kappa shape index (κ2) is 3.71. The molecule has 0 unspecified atom stereocenters. The number of hydrogen-bond donors (Lipinski definition) is 1. The molecule has 2 atom stereocenters. The van der Waals surface area contributed by atoms with Gasteiger partial charge in [-0.05, 0) is 18.1 Å². The van der Waals surface area contributed by atoms with E-state index in [0.717, 1.165) is 18.7 Å². The first kappa shape index (κ1) is 11.0. The average Bonchev–Trinajstić information content (AvgIpc) is 2.79. The lowest BCUT2D eigenvalue weighted by Crippen LogP contribution is -2.42. The molecule has 1 N–H and O–H groups in total. The number of hydrogen-bond acceptors (Lipinski definition) is 4. The molecule has 0 bridgehead atoms. The zero-order valence-electron chi connectivity index (χ0n) is 9.41. The number of rotatable bonds is 1. The predicted octanol–water partition coefficient (Wildman–Crippen LogP) is 0.207. The Morgan fingerprint density at radius 3 is 2.71 bits per heavy atom. The van der Waals surface area contributed by atoms with Crippen molar-refractivity contribution in [3.8, 4) is 0 Å². The van der Waals surface area contributed by atoms with Crippen LogP contribution in [-0.2, 0) is 16.3 Å². The van der Waals surface area contributed by atoms with Crippen molar-refractivity contribution in [2.24, 2.45) is 0 Å². The van der Waals surface area contributed by atoms with E-state index in [1.165, 1.54) is 5.56 Å². The standard InChI is InChI=1S/C12H15NO3S/c14-12-8-17(15,16)7-11(12)13-6-5-9-3-1-2-4-10(9)13/h1-4,11-12,14H,5-8H2/t11-,12-/m1/s1. The fourth-order valence-electron chi connectivity index (χ4n) is 2.82. The van der Waals surface area contributed by atoms with Crippen molar-refractivity contribution in [1.29, 1.82) is 0 Å². The average molecular weight is 253 g/mol. The smallest absolute Gasteiger partial charge is 0.155 e. The fraction of sp³-hybridized carbons (Fsp3) is 0.500. The summed E-state index contributed by atoms with van der Waals surface area (Å²) in [7, 11) is -3.08. The SMILES string of the molecule is O=S1(=O)C[C@@H](O)[C@H](N2CCc3ccccc32)C1. The van der Waals surface area contributed by atoms with Crippen LogP contribution in [0.15, 0.2) is 24.3 Å². The van der Waals surface area contributed by atoms with Gasteiger partial charge in [0.1, 0.15) is 0 Å². The highest BCUT2D eigenvalue weighted by molar-refractivity contribution is 7.91. The Balaban J connectivity index is 1.93. The van der Waals surface area contributed by atoms with Gasteiger partial charge in [-0.2, -0.15) is 0 Å². The molecule has 3 rings (SSSR count). The Labute approximate surface area is 101 Å². The molecule has 17 heavy (non-hydrogen) atoms. The van der Waals surface area contributed by atoms with Crippen molar-refractivity contribution in [2.45, 2.75) is 18.6 Å². The first-order chi connectivity index (χ1) is 8.07. The zero-order valence-corrected chi connectivity index (χ0v) is 10.2. The van der Waals surface area contributed by atoms with Crippen LogP contribution in [0.5, 0.6) is 0 Å². The van der Waals surface area contributed by atoms with E-state index in [-0.39, 0.29) is 17.5 Å². The van der Waals surface area contributed by atoms with E-state index in [1.54, 1.807) is 0 Å². The Bertz CT molecular complexity index is 540. The number of benzene rings is 1. The normalized spacial score (nSPS) is 30.5. The molecule has 0 radical (unpaired) electrons. The molecule has 5 heteroatoms. The fourth-order valence-corrected chi connectivity index (χ4v) is 4.62. The van der Waals surface area contributed by atoms with Gasteiger partial charge in [0.25, 0.3) is 0 Å². The molecule has 2 aliphatic heterocycles. The van der Waals surface area contributed by atoms with Crippen LogP contribution < -0.4 is 4.90 Å². The molecule has 2 aliphatic rings. The quantitative estimate of drug-likeness (QED) is 0.777. The van der Waals surface area contributed by atoms with Crippen LogP contribution >= 0.6 is 0 Å². The van der Waals surface area contributed by atoms with E-state index in [1.807, 2.05) is 23.1 Å². The van der Waals surface area contributed by atoms with E-state index >= 15 is 0 Å². The van der Waals surface area contributed by atoms with Crippen LogP contribution in [0.3, 0.4) is 0 Å². The molecule has 0 aromatic heterocycles. The Morgan fingerprint density at radius 2 is 2.00 bits per heavy atom. The van der Waals surface area contributed by atoms with Crippen LogP contribution in [0.1, 0.15) is 5.56 Å². The summed E-state index contributed by atoms with van der Waals surface area (Å²) < 4.78 is 23.1. The van der Waals surface area contributed by atoms with E-state index in [2.05, 4.69) is 6.07 Å². The second-order valence-corrected chi connectivity index (χ2v) is 6.94. The Kier molecular flexibility index (Phi) is 2.41. The number of anilines is 1. The lowest BCUT2D eigenvalue weighted by Gasteiger charge is -2.28. The molecule has 1 aromatic rings. The topological polar surface area (TPSA) is 57.6 Å². The van der Waals surface area contributed by atoms with Gasteiger partial charge in [-0.25, -0.2) is 8.42 Å². The third-order valence-electron chi connectivity index (χ3n) is 3.62. The largest absolute Gasteiger partial charge is 0.390 e. The van der Waals surface area contributed by atoms with Crippen LogP contribution in [0.4, 0.5) is 5.69 Å². The van der Waals surface area contributed by atoms with E-state index in [0.29, 0.717) is 0 Å². The second-order valence-electron chi connectivity index (χ2n) is 4.78. The van der Waals surface area contributed by atoms with Crippen molar-refractivity contribution < 1.29 is 13.5 Å². The summed E-state index contributed by atoms with van der Waals surface area (Å²) in [6.07, 6.45) is 0.172.